The quantitative estimate of drug-likeness (QED) is 0.0514. The van der Waals surface area contributed by atoms with Gasteiger partial charge in [-0.1, -0.05) is 97.7 Å². The molecule has 13 nitrogen and oxygen atoms in total. The van der Waals surface area contributed by atoms with E-state index in [1.807, 2.05) is 53.1 Å². The number of H-pyrrole nitrogens is 1. The maximum absolute atomic E-state index is 13.0. The first-order valence-corrected chi connectivity index (χ1v) is 17.9. The summed E-state index contributed by atoms with van der Waals surface area (Å²) >= 11 is 6.65. The van der Waals surface area contributed by atoms with E-state index >= 15 is 0 Å². The van der Waals surface area contributed by atoms with E-state index in [2.05, 4.69) is 37.8 Å². The number of carboxylic acids is 1. The number of tetrazole rings is 1. The number of hydrogen-bond donors (Lipinski definition) is 3. The van der Waals surface area contributed by atoms with Gasteiger partial charge >= 0.3 is 17.9 Å². The number of nitrogens with zero attached hydrogens (tertiary/aromatic N) is 5. The van der Waals surface area contributed by atoms with Crippen LogP contribution in [-0.2, 0) is 33.7 Å². The first-order chi connectivity index (χ1) is 26.7. The highest BCUT2D eigenvalue weighted by Gasteiger charge is 2.21. The fourth-order valence-electron chi connectivity index (χ4n) is 6.03. The van der Waals surface area contributed by atoms with Crippen molar-refractivity contribution in [1.29, 1.82) is 0 Å². The summed E-state index contributed by atoms with van der Waals surface area (Å²) in [5.74, 6) is -0.707. The van der Waals surface area contributed by atoms with E-state index in [9.17, 15) is 19.5 Å². The maximum atomic E-state index is 13.0. The summed E-state index contributed by atoms with van der Waals surface area (Å²) in [6, 6.07) is 28.0. The molecule has 0 saturated heterocycles. The Hall–Kier alpha value is -6.60. The van der Waals surface area contributed by atoms with Gasteiger partial charge in [0, 0.05) is 36.7 Å². The van der Waals surface area contributed by atoms with Gasteiger partial charge in [-0.25, -0.2) is 19.4 Å². The first kappa shape index (κ1) is 38.1. The Kier molecular flexibility index (Phi) is 12.4. The van der Waals surface area contributed by atoms with E-state index < -0.39 is 23.9 Å². The van der Waals surface area contributed by atoms with E-state index in [0.29, 0.717) is 35.7 Å². The van der Waals surface area contributed by atoms with Gasteiger partial charge in [-0.15, -0.1) is 10.2 Å². The number of ether oxygens (including phenoxy) is 2. The fourth-order valence-corrected chi connectivity index (χ4v) is 6.29. The van der Waals surface area contributed by atoms with Crippen LogP contribution in [0.3, 0.4) is 0 Å². The van der Waals surface area contributed by atoms with E-state index in [0.717, 1.165) is 40.9 Å². The average Bonchev–Trinajstić information content (AvgIpc) is 3.84. The lowest BCUT2D eigenvalue weighted by atomic mass is 9.98. The molecular formula is C41H38ClN7O6. The van der Waals surface area contributed by atoms with Gasteiger partial charge in [0.1, 0.15) is 17.6 Å². The zero-order valence-corrected chi connectivity index (χ0v) is 30.9. The summed E-state index contributed by atoms with van der Waals surface area (Å²) in [5, 5.41) is 27.6. The molecule has 0 fully saturated rings. The van der Waals surface area contributed by atoms with Crippen molar-refractivity contribution >= 4 is 41.3 Å². The lowest BCUT2D eigenvalue weighted by molar-refractivity contribution is -0.138. The van der Waals surface area contributed by atoms with Gasteiger partial charge < -0.3 is 24.5 Å². The van der Waals surface area contributed by atoms with Crippen molar-refractivity contribution in [2.45, 2.75) is 45.2 Å². The molecule has 0 aliphatic heterocycles. The second-order valence-corrected chi connectivity index (χ2v) is 12.9. The minimum absolute atomic E-state index is 0.0953. The Morgan fingerprint density at radius 3 is 2.35 bits per heavy atom. The van der Waals surface area contributed by atoms with Gasteiger partial charge in [-0.2, -0.15) is 5.21 Å². The minimum Gasteiger partial charge on any atom is -0.480 e. The molecule has 0 bridgehead atoms. The molecule has 6 aromatic rings. The molecule has 55 heavy (non-hydrogen) atoms. The zero-order chi connectivity index (χ0) is 38.7. The molecule has 0 spiro atoms. The van der Waals surface area contributed by atoms with Crippen LogP contribution >= 0.6 is 11.6 Å². The number of aliphatic carboxylic acids is 1. The van der Waals surface area contributed by atoms with Crippen LogP contribution in [0.4, 0.5) is 5.69 Å². The predicted molar refractivity (Wildman–Crippen MR) is 208 cm³/mol. The number of hydrogen-bond acceptors (Lipinski definition) is 10. The molecule has 0 aliphatic rings. The molecule has 280 valence electrons. The Labute approximate surface area is 322 Å². The number of anilines is 1. The second-order valence-electron chi connectivity index (χ2n) is 12.5. The lowest BCUT2D eigenvalue weighted by Gasteiger charge is -2.18. The van der Waals surface area contributed by atoms with Gasteiger partial charge in [-0.05, 0) is 64.2 Å². The topological polar surface area (TPSA) is 174 Å². The number of carbonyl (C=O) groups excluding carboxylic acids is 2. The lowest BCUT2D eigenvalue weighted by Crippen LogP contribution is -2.32. The van der Waals surface area contributed by atoms with Crippen molar-refractivity contribution in [1.82, 2.24) is 30.2 Å². The van der Waals surface area contributed by atoms with Gasteiger partial charge in [-0.3, -0.25) is 0 Å². The molecule has 3 N–H and O–H groups in total. The second kappa shape index (κ2) is 18.0. The summed E-state index contributed by atoms with van der Waals surface area (Å²) in [5.41, 5.74) is 5.66. The standard InChI is InChI=1S/C41H38ClN7O6/c1-3-4-13-36-44-38(42)35(49(36)25-27-14-18-28(19-15-27)30-9-5-6-10-31(30)39-45-47-48-46-39)22-23-37(50)55-29-20-16-26(17-21-29)24-34(40(51)52)43-33-12-8-7-11-32(33)41(53)54-2/h5-12,14-23,34,43H,3-4,13,24-25H2,1-2H3,(H,51,52)(H,45,46,47,48)/b23-22+/t34-/m0/s1. The van der Waals surface area contributed by atoms with Crippen molar-refractivity contribution < 1.29 is 29.0 Å². The van der Waals surface area contributed by atoms with Crippen LogP contribution in [0.2, 0.25) is 5.15 Å². The molecule has 0 unspecified atom stereocenters. The third-order valence-electron chi connectivity index (χ3n) is 8.83. The Morgan fingerprint density at radius 2 is 1.65 bits per heavy atom. The SMILES string of the molecule is CCCCc1nc(Cl)c(/C=C/C(=O)Oc2ccc(C[C@H](Nc3ccccc3C(=O)OC)C(=O)O)cc2)n1Cc1ccc(-c2ccccc2-c2nn[nH]n2)cc1. The molecule has 6 rings (SSSR count). The van der Waals surface area contributed by atoms with E-state index in [1.54, 1.807) is 54.6 Å². The van der Waals surface area contributed by atoms with Crippen LogP contribution in [0, 0.1) is 0 Å². The number of carboxylic acid groups (broad SMARTS) is 1. The number of benzene rings is 4. The van der Waals surface area contributed by atoms with Crippen LogP contribution in [-0.4, -0.2) is 66.3 Å². The number of aryl methyl sites for hydroxylation is 1. The van der Waals surface area contributed by atoms with Crippen molar-refractivity contribution in [2.75, 3.05) is 12.4 Å². The number of aromatic amines is 1. The predicted octanol–water partition coefficient (Wildman–Crippen LogP) is 7.29. The van der Waals surface area contributed by atoms with Crippen LogP contribution < -0.4 is 10.1 Å². The third-order valence-corrected chi connectivity index (χ3v) is 9.11. The average molecular weight is 760 g/mol. The highest BCUT2D eigenvalue weighted by atomic mass is 35.5. The van der Waals surface area contributed by atoms with Crippen LogP contribution in [0.1, 0.15) is 52.8 Å². The van der Waals surface area contributed by atoms with Crippen LogP contribution in [0.25, 0.3) is 28.6 Å². The molecule has 2 aromatic heterocycles. The van der Waals surface area contributed by atoms with Crippen LogP contribution in [0.15, 0.2) is 103 Å². The number of imidazole rings is 1. The smallest absolute Gasteiger partial charge is 0.339 e. The van der Waals surface area contributed by atoms with Crippen molar-refractivity contribution in [3.05, 3.63) is 136 Å². The van der Waals surface area contributed by atoms with E-state index in [4.69, 9.17) is 21.1 Å². The molecule has 1 atom stereocenters. The molecule has 2 heterocycles. The minimum atomic E-state index is -1.10. The monoisotopic (exact) mass is 759 g/mol. The summed E-state index contributed by atoms with van der Waals surface area (Å²) < 4.78 is 12.4. The molecule has 0 amide bonds. The Balaban J connectivity index is 1.13. The fraction of sp³-hybridized carbons (Fsp3) is 0.195. The van der Waals surface area contributed by atoms with E-state index in [-0.39, 0.29) is 22.9 Å². The van der Waals surface area contributed by atoms with Crippen molar-refractivity contribution in [3.8, 4) is 28.3 Å². The number of para-hydroxylation sites is 1. The van der Waals surface area contributed by atoms with Crippen molar-refractivity contribution in [2.24, 2.45) is 0 Å². The number of unbranched alkanes of at least 4 members (excludes halogenated alkanes) is 1. The molecule has 0 saturated carbocycles. The molecule has 14 heteroatoms. The number of nitrogens with one attached hydrogen (secondary N) is 2. The number of aromatic nitrogens is 6. The van der Waals surface area contributed by atoms with Gasteiger partial charge in [0.25, 0.3) is 0 Å². The van der Waals surface area contributed by atoms with Gasteiger partial charge in [0.15, 0.2) is 5.15 Å². The first-order valence-electron chi connectivity index (χ1n) is 17.6. The number of halogens is 1. The zero-order valence-electron chi connectivity index (χ0n) is 30.1. The van der Waals surface area contributed by atoms with Gasteiger partial charge in [0.2, 0.25) is 5.82 Å². The summed E-state index contributed by atoms with van der Waals surface area (Å²) in [6.45, 7) is 2.58. The van der Waals surface area contributed by atoms with Crippen LogP contribution in [0.5, 0.6) is 5.75 Å². The molecule has 0 radical (unpaired) electrons. The molecule has 0 aliphatic carbocycles. The maximum Gasteiger partial charge on any atom is 0.339 e. The summed E-state index contributed by atoms with van der Waals surface area (Å²) in [7, 11) is 1.26. The number of carbonyl (C=O) groups is 3. The largest absolute Gasteiger partial charge is 0.480 e. The van der Waals surface area contributed by atoms with Gasteiger partial charge in [0.05, 0.1) is 18.4 Å². The summed E-state index contributed by atoms with van der Waals surface area (Å²) in [6.07, 6.45) is 5.62. The number of rotatable bonds is 16. The number of esters is 2. The summed E-state index contributed by atoms with van der Waals surface area (Å²) in [4.78, 5) is 41.9. The molecular weight excluding hydrogens is 722 g/mol. The highest BCUT2D eigenvalue weighted by molar-refractivity contribution is 6.30. The van der Waals surface area contributed by atoms with E-state index in [1.165, 1.54) is 13.2 Å². The molecule has 4 aromatic carbocycles. The normalized spacial score (nSPS) is 11.7. The van der Waals surface area contributed by atoms with Crippen molar-refractivity contribution in [3.63, 3.8) is 0 Å². The highest BCUT2D eigenvalue weighted by Crippen LogP contribution is 2.30. The third kappa shape index (κ3) is 9.50. The Bertz CT molecular complexity index is 2290. The Morgan fingerprint density at radius 1 is 0.945 bits per heavy atom. The number of methoxy groups -OCH3 is 1.